The maximum absolute atomic E-state index is 13.0. The molecule has 0 bridgehead atoms. The van der Waals surface area contributed by atoms with Gasteiger partial charge in [0.15, 0.2) is 0 Å². The second kappa shape index (κ2) is 6.23. The van der Waals surface area contributed by atoms with Crippen LogP contribution in [-0.2, 0) is 11.0 Å². The lowest BCUT2D eigenvalue weighted by atomic mass is 10.1. The zero-order valence-electron chi connectivity index (χ0n) is 12.6. The third kappa shape index (κ3) is 3.42. The number of amides is 1. The molecule has 0 N–H and O–H groups in total. The second-order valence-corrected chi connectivity index (χ2v) is 6.53. The zero-order valence-corrected chi connectivity index (χ0v) is 13.3. The molecule has 0 spiro atoms. The van der Waals surface area contributed by atoms with E-state index < -0.39 is 11.7 Å². The van der Waals surface area contributed by atoms with Crippen molar-refractivity contribution < 1.29 is 18.0 Å². The van der Waals surface area contributed by atoms with E-state index in [0.717, 1.165) is 32.0 Å². The Balaban J connectivity index is 1.73. The number of anilines is 1. The van der Waals surface area contributed by atoms with Gasteiger partial charge in [0.2, 0.25) is 5.91 Å². The van der Waals surface area contributed by atoms with Crippen LogP contribution in [-0.4, -0.2) is 37.0 Å². The number of benzene rings is 1. The van der Waals surface area contributed by atoms with Crippen molar-refractivity contribution in [1.29, 1.82) is 0 Å². The molecule has 1 aromatic carbocycles. The first-order valence-corrected chi connectivity index (χ1v) is 8.14. The Morgan fingerprint density at radius 2 is 1.87 bits per heavy atom. The summed E-state index contributed by atoms with van der Waals surface area (Å²) in [4.78, 5) is 16.1. The average Bonchev–Trinajstić information content (AvgIpc) is 3.17. The van der Waals surface area contributed by atoms with Crippen LogP contribution in [0.4, 0.5) is 18.9 Å². The molecule has 2 heterocycles. The number of halogens is 4. The van der Waals surface area contributed by atoms with Crippen LogP contribution in [0.25, 0.3) is 0 Å². The first kappa shape index (κ1) is 16.4. The van der Waals surface area contributed by atoms with Crippen LogP contribution in [0.5, 0.6) is 0 Å². The molecule has 2 saturated heterocycles. The number of nitrogens with zero attached hydrogens (tertiary/aromatic N) is 2. The highest BCUT2D eigenvalue weighted by Crippen LogP contribution is 2.38. The number of hydrogen-bond donors (Lipinski definition) is 0. The van der Waals surface area contributed by atoms with Gasteiger partial charge in [-0.2, -0.15) is 13.2 Å². The molecule has 0 aliphatic carbocycles. The smallest absolute Gasteiger partial charge is 0.371 e. The minimum absolute atomic E-state index is 0.127. The van der Waals surface area contributed by atoms with Gasteiger partial charge < -0.3 is 9.80 Å². The highest BCUT2D eigenvalue weighted by molar-refractivity contribution is 6.31. The van der Waals surface area contributed by atoms with Crippen molar-refractivity contribution in [2.75, 3.05) is 31.1 Å². The molecule has 1 unspecified atom stereocenters. The lowest BCUT2D eigenvalue weighted by molar-refractivity contribution is -0.137. The predicted octanol–water partition coefficient (Wildman–Crippen LogP) is 3.81. The molecular weight excluding hydrogens is 329 g/mol. The summed E-state index contributed by atoms with van der Waals surface area (Å²) in [6.07, 6.45) is -1.72. The third-order valence-corrected chi connectivity index (χ3v) is 4.91. The van der Waals surface area contributed by atoms with Crippen LogP contribution in [0, 0.1) is 5.92 Å². The standard InChI is InChI=1S/C16H18ClF3N2O/c17-14-4-3-12(9-13(14)16(18,19)20)22-8-5-11(10-22)15(23)21-6-1-2-7-21/h3-4,9,11H,1-2,5-8,10H2. The molecule has 0 saturated carbocycles. The van der Waals surface area contributed by atoms with E-state index in [-0.39, 0.29) is 16.8 Å². The molecule has 1 amide bonds. The second-order valence-electron chi connectivity index (χ2n) is 6.13. The van der Waals surface area contributed by atoms with Gasteiger partial charge in [0.1, 0.15) is 0 Å². The van der Waals surface area contributed by atoms with Gasteiger partial charge in [0.05, 0.1) is 16.5 Å². The van der Waals surface area contributed by atoms with Crippen molar-refractivity contribution in [2.45, 2.75) is 25.4 Å². The Hall–Kier alpha value is -1.43. The number of alkyl halides is 3. The largest absolute Gasteiger partial charge is 0.417 e. The molecule has 3 nitrogen and oxygen atoms in total. The van der Waals surface area contributed by atoms with E-state index in [9.17, 15) is 18.0 Å². The van der Waals surface area contributed by atoms with Crippen LogP contribution in [0.15, 0.2) is 18.2 Å². The fraction of sp³-hybridized carbons (Fsp3) is 0.562. The summed E-state index contributed by atoms with van der Waals surface area (Å²) in [6.45, 7) is 2.65. The van der Waals surface area contributed by atoms with Crippen LogP contribution >= 0.6 is 11.6 Å². The number of carbonyl (C=O) groups excluding carboxylic acids is 1. The van der Waals surface area contributed by atoms with Gasteiger partial charge >= 0.3 is 6.18 Å². The SMILES string of the molecule is O=C(C1CCN(c2ccc(Cl)c(C(F)(F)F)c2)C1)N1CCCC1. The Bertz CT molecular complexity index is 599. The highest BCUT2D eigenvalue weighted by Gasteiger charge is 2.36. The Morgan fingerprint density at radius 1 is 1.17 bits per heavy atom. The van der Waals surface area contributed by atoms with E-state index in [0.29, 0.717) is 25.2 Å². The predicted molar refractivity (Wildman–Crippen MR) is 82.6 cm³/mol. The number of rotatable bonds is 2. The summed E-state index contributed by atoms with van der Waals surface area (Å²) in [5, 5.41) is -0.301. The van der Waals surface area contributed by atoms with Crippen LogP contribution in [0.1, 0.15) is 24.8 Å². The zero-order chi connectivity index (χ0) is 16.6. The quantitative estimate of drug-likeness (QED) is 0.813. The molecule has 7 heteroatoms. The van der Waals surface area contributed by atoms with Gasteiger partial charge in [-0.1, -0.05) is 11.6 Å². The highest BCUT2D eigenvalue weighted by atomic mass is 35.5. The van der Waals surface area contributed by atoms with E-state index in [4.69, 9.17) is 11.6 Å². The molecule has 0 aromatic heterocycles. The van der Waals surface area contributed by atoms with Gasteiger partial charge in [-0.15, -0.1) is 0 Å². The van der Waals surface area contributed by atoms with Crippen LogP contribution < -0.4 is 4.90 Å². The summed E-state index contributed by atoms with van der Waals surface area (Å²) < 4.78 is 38.9. The van der Waals surface area contributed by atoms with Crippen LogP contribution in [0.2, 0.25) is 5.02 Å². The Morgan fingerprint density at radius 3 is 2.52 bits per heavy atom. The van der Waals surface area contributed by atoms with Crippen LogP contribution in [0.3, 0.4) is 0 Å². The summed E-state index contributed by atoms with van der Waals surface area (Å²) in [7, 11) is 0. The minimum Gasteiger partial charge on any atom is -0.371 e. The van der Waals surface area contributed by atoms with Crippen molar-refractivity contribution in [3.63, 3.8) is 0 Å². The lowest BCUT2D eigenvalue weighted by Gasteiger charge is -2.22. The molecule has 1 atom stereocenters. The molecular formula is C16H18ClF3N2O. The number of hydrogen-bond acceptors (Lipinski definition) is 2. The monoisotopic (exact) mass is 346 g/mol. The van der Waals surface area contributed by atoms with Gasteiger partial charge in [-0.3, -0.25) is 4.79 Å². The third-order valence-electron chi connectivity index (χ3n) is 4.58. The first-order chi connectivity index (χ1) is 10.9. The van der Waals surface area contributed by atoms with E-state index in [1.165, 1.54) is 6.07 Å². The summed E-state index contributed by atoms with van der Waals surface area (Å²) in [6, 6.07) is 3.93. The maximum Gasteiger partial charge on any atom is 0.417 e. The van der Waals surface area contributed by atoms with Crippen molar-refractivity contribution >= 4 is 23.2 Å². The first-order valence-electron chi connectivity index (χ1n) is 7.77. The van der Waals surface area contributed by atoms with Crippen molar-refractivity contribution in [3.05, 3.63) is 28.8 Å². The summed E-state index contributed by atoms with van der Waals surface area (Å²) in [5.74, 6) is 0.00752. The average molecular weight is 347 g/mol. The maximum atomic E-state index is 13.0. The minimum atomic E-state index is -4.47. The fourth-order valence-electron chi connectivity index (χ4n) is 3.32. The van der Waals surface area contributed by atoms with Crippen molar-refractivity contribution in [1.82, 2.24) is 4.90 Å². The molecule has 2 fully saturated rings. The molecule has 3 rings (SSSR count). The van der Waals surface area contributed by atoms with Gasteiger partial charge in [0.25, 0.3) is 0 Å². The molecule has 23 heavy (non-hydrogen) atoms. The normalized spacial score (nSPS) is 22.0. The van der Waals surface area contributed by atoms with Crippen molar-refractivity contribution in [2.24, 2.45) is 5.92 Å². The van der Waals surface area contributed by atoms with Crippen molar-refractivity contribution in [3.8, 4) is 0 Å². The fourth-order valence-corrected chi connectivity index (χ4v) is 3.54. The number of likely N-dealkylation sites (tertiary alicyclic amines) is 1. The number of carbonyl (C=O) groups is 1. The Labute approximate surface area is 138 Å². The Kier molecular flexibility index (Phi) is 4.45. The molecule has 126 valence electrons. The van der Waals surface area contributed by atoms with Gasteiger partial charge in [0, 0.05) is 31.9 Å². The molecule has 2 aliphatic heterocycles. The topological polar surface area (TPSA) is 23.6 Å². The molecule has 2 aliphatic rings. The molecule has 1 aromatic rings. The van der Waals surface area contributed by atoms with E-state index in [2.05, 4.69) is 0 Å². The lowest BCUT2D eigenvalue weighted by Crippen LogP contribution is -2.35. The summed E-state index contributed by atoms with van der Waals surface area (Å²) in [5.41, 5.74) is -0.357. The van der Waals surface area contributed by atoms with Gasteiger partial charge in [-0.05, 0) is 37.5 Å². The molecule has 0 radical (unpaired) electrons. The van der Waals surface area contributed by atoms with E-state index in [1.807, 2.05) is 9.80 Å². The van der Waals surface area contributed by atoms with Gasteiger partial charge in [-0.25, -0.2) is 0 Å². The summed E-state index contributed by atoms with van der Waals surface area (Å²) >= 11 is 5.65. The van der Waals surface area contributed by atoms with E-state index in [1.54, 1.807) is 6.07 Å². The van der Waals surface area contributed by atoms with E-state index >= 15 is 0 Å².